The second kappa shape index (κ2) is 8.95. The molecule has 0 saturated heterocycles. The van der Waals surface area contributed by atoms with Gasteiger partial charge in [-0.3, -0.25) is 0 Å². The zero-order valence-corrected chi connectivity index (χ0v) is 18.6. The fourth-order valence-corrected chi connectivity index (χ4v) is 3.73. The summed E-state index contributed by atoms with van der Waals surface area (Å²) in [5.74, 6) is -2.89. The molecule has 3 N–H and O–H groups in total. The molecule has 1 aliphatic rings. The van der Waals surface area contributed by atoms with Gasteiger partial charge in [0.2, 0.25) is 0 Å². The summed E-state index contributed by atoms with van der Waals surface area (Å²) in [6.45, 7) is 2.23. The van der Waals surface area contributed by atoms with Gasteiger partial charge in [0.1, 0.15) is 23.8 Å². The number of anilines is 1. The molecule has 2 aromatic carbocycles. The third-order valence-electron chi connectivity index (χ3n) is 5.70. The van der Waals surface area contributed by atoms with Crippen LogP contribution in [0.2, 0.25) is 0 Å². The average Bonchev–Trinajstić information content (AvgIpc) is 3.28. The fraction of sp³-hybridized carbons (Fsp3) is 0.200. The van der Waals surface area contributed by atoms with E-state index in [9.17, 15) is 18.3 Å². The van der Waals surface area contributed by atoms with Crippen molar-refractivity contribution in [2.75, 3.05) is 25.1 Å². The second-order valence-electron chi connectivity index (χ2n) is 8.59. The van der Waals surface area contributed by atoms with Crippen molar-refractivity contribution in [2.24, 2.45) is 10.4 Å². The van der Waals surface area contributed by atoms with Crippen molar-refractivity contribution in [1.29, 1.82) is 0 Å². The molecule has 3 heterocycles. The van der Waals surface area contributed by atoms with Crippen LogP contribution in [0.15, 0.2) is 59.9 Å². The average molecular weight is 482 g/mol. The van der Waals surface area contributed by atoms with Gasteiger partial charge in [-0.2, -0.15) is 0 Å². The highest BCUT2D eigenvalue weighted by Gasteiger charge is 2.29. The number of rotatable bonds is 5. The van der Waals surface area contributed by atoms with Gasteiger partial charge < -0.3 is 24.9 Å². The van der Waals surface area contributed by atoms with Crippen molar-refractivity contribution in [3.8, 4) is 22.6 Å². The summed E-state index contributed by atoms with van der Waals surface area (Å²) in [6, 6.07) is 9.82. The largest absolute Gasteiger partial charge is 0.464 e. The van der Waals surface area contributed by atoms with E-state index < -0.39 is 28.6 Å². The second-order valence-corrected chi connectivity index (χ2v) is 8.59. The monoisotopic (exact) mass is 482 g/mol. The molecule has 4 aromatic rings. The summed E-state index contributed by atoms with van der Waals surface area (Å²) in [6.07, 6.45) is 2.99. The summed E-state index contributed by atoms with van der Waals surface area (Å²) < 4.78 is 55.4. The van der Waals surface area contributed by atoms with Crippen LogP contribution in [-0.2, 0) is 4.74 Å². The Morgan fingerprint density at radius 1 is 1.11 bits per heavy atom. The minimum absolute atomic E-state index is 0.0762. The van der Waals surface area contributed by atoms with E-state index in [1.807, 2.05) is 6.92 Å². The van der Waals surface area contributed by atoms with Gasteiger partial charge in [-0.05, 0) is 12.1 Å². The van der Waals surface area contributed by atoms with Gasteiger partial charge >= 0.3 is 0 Å². The maximum Gasteiger partial charge on any atom is 0.289 e. The molecule has 180 valence electrons. The third-order valence-corrected chi connectivity index (χ3v) is 5.70. The Hall–Kier alpha value is -4.05. The number of ether oxygens (including phenoxy) is 2. The molecule has 0 spiro atoms. The summed E-state index contributed by atoms with van der Waals surface area (Å²) in [7, 11) is 0. The number of aromatic amines is 1. The Balaban J connectivity index is 1.45. The number of aliphatic imine (C=N–C) groups is 1. The number of amidine groups is 1. The molecule has 0 fully saturated rings. The molecule has 0 radical (unpaired) electrons. The summed E-state index contributed by atoms with van der Waals surface area (Å²) in [5.41, 5.74) is 0.689. The Morgan fingerprint density at radius 2 is 1.89 bits per heavy atom. The van der Waals surface area contributed by atoms with Gasteiger partial charge in [-0.1, -0.05) is 25.1 Å². The number of nitrogens with zero attached hydrogens (tertiary/aromatic N) is 2. The van der Waals surface area contributed by atoms with Gasteiger partial charge in [-0.25, -0.2) is 23.1 Å². The van der Waals surface area contributed by atoms with Crippen LogP contribution in [0.3, 0.4) is 0 Å². The van der Waals surface area contributed by atoms with Crippen molar-refractivity contribution >= 4 is 22.7 Å². The number of aliphatic hydroxyl groups is 1. The van der Waals surface area contributed by atoms with E-state index >= 15 is 0 Å². The quantitative estimate of drug-likeness (QED) is 0.362. The van der Waals surface area contributed by atoms with Crippen molar-refractivity contribution in [1.82, 2.24) is 9.97 Å². The van der Waals surface area contributed by atoms with Crippen LogP contribution >= 0.6 is 0 Å². The van der Waals surface area contributed by atoms with Gasteiger partial charge in [0.25, 0.3) is 6.02 Å². The van der Waals surface area contributed by atoms with Crippen molar-refractivity contribution in [3.63, 3.8) is 0 Å². The fourth-order valence-electron chi connectivity index (χ4n) is 3.73. The van der Waals surface area contributed by atoms with Crippen LogP contribution in [0, 0.1) is 22.9 Å². The lowest BCUT2D eigenvalue weighted by Gasteiger charge is -2.30. The van der Waals surface area contributed by atoms with Crippen LogP contribution in [0.4, 0.5) is 18.9 Å². The lowest BCUT2D eigenvalue weighted by Crippen LogP contribution is -2.38. The molecule has 0 bridgehead atoms. The predicted molar refractivity (Wildman–Crippen MR) is 125 cm³/mol. The van der Waals surface area contributed by atoms with Gasteiger partial charge in [-0.15, -0.1) is 0 Å². The minimum atomic E-state index is -0.961. The van der Waals surface area contributed by atoms with Crippen LogP contribution in [0.1, 0.15) is 6.92 Å². The minimum Gasteiger partial charge on any atom is -0.464 e. The number of fused-ring (bicyclic) bond motifs is 1. The molecule has 5 rings (SSSR count). The molecule has 35 heavy (non-hydrogen) atoms. The molecule has 1 aliphatic heterocycles. The van der Waals surface area contributed by atoms with Crippen LogP contribution in [0.25, 0.3) is 22.2 Å². The van der Waals surface area contributed by atoms with E-state index in [4.69, 9.17) is 9.47 Å². The van der Waals surface area contributed by atoms with Crippen molar-refractivity contribution in [2.45, 2.75) is 6.92 Å². The van der Waals surface area contributed by atoms with E-state index in [1.54, 1.807) is 24.4 Å². The number of hydrogen-bond donors (Lipinski definition) is 3. The standard InChI is InChI=1S/C25H21F3N4O3/c1-25(12-33)11-31-24(34-13-25)32-14-8-18(27)22(19(28)9-14)35-20-6-7-29-23-21(20)16(10-30-23)15-4-2-3-5-17(15)26/h2-10,33H,11-13H2,1H3,(H,29,30)(H,31,32)/t25-/m1/s1. The molecule has 0 unspecified atom stereocenters. The Bertz CT molecular complexity index is 1420. The number of benzene rings is 2. The number of nitrogens with one attached hydrogen (secondary N) is 2. The van der Waals surface area contributed by atoms with E-state index in [1.165, 1.54) is 18.3 Å². The Morgan fingerprint density at radius 3 is 2.57 bits per heavy atom. The first kappa shape index (κ1) is 22.7. The molecular formula is C25H21F3N4O3. The van der Waals surface area contributed by atoms with Crippen LogP contribution < -0.4 is 10.1 Å². The highest BCUT2D eigenvalue weighted by Crippen LogP contribution is 2.39. The molecule has 1 atom stereocenters. The summed E-state index contributed by atoms with van der Waals surface area (Å²) in [4.78, 5) is 11.3. The number of H-pyrrole nitrogens is 1. The molecule has 2 aromatic heterocycles. The molecular weight excluding hydrogens is 461 g/mol. The van der Waals surface area contributed by atoms with Gasteiger partial charge in [0.05, 0.1) is 18.5 Å². The topological polar surface area (TPSA) is 91.8 Å². The zero-order chi connectivity index (χ0) is 24.6. The first-order valence-corrected chi connectivity index (χ1v) is 10.8. The maximum atomic E-state index is 14.9. The Kier molecular flexibility index (Phi) is 5.81. The van der Waals surface area contributed by atoms with Gasteiger partial charge in [0, 0.05) is 46.8 Å². The summed E-state index contributed by atoms with van der Waals surface area (Å²) >= 11 is 0. The third kappa shape index (κ3) is 4.40. The molecule has 0 amide bonds. The SMILES string of the molecule is C[C@]1(CO)CN=C(Nc2cc(F)c(Oc3ccnc4[nH]cc(-c5ccccc5F)c34)c(F)c2)OC1. The van der Waals surface area contributed by atoms with Crippen LogP contribution in [0.5, 0.6) is 11.5 Å². The van der Waals surface area contributed by atoms with Crippen molar-refractivity contribution < 1.29 is 27.8 Å². The zero-order valence-electron chi connectivity index (χ0n) is 18.6. The lowest BCUT2D eigenvalue weighted by atomic mass is 9.93. The lowest BCUT2D eigenvalue weighted by molar-refractivity contribution is 0.0706. The predicted octanol–water partition coefficient (Wildman–Crippen LogP) is 5.24. The molecule has 7 nitrogen and oxygen atoms in total. The van der Waals surface area contributed by atoms with Crippen LogP contribution in [-0.4, -0.2) is 40.9 Å². The number of aromatic nitrogens is 2. The smallest absolute Gasteiger partial charge is 0.289 e. The number of halogens is 3. The first-order chi connectivity index (χ1) is 16.9. The highest BCUT2D eigenvalue weighted by atomic mass is 19.1. The van der Waals surface area contributed by atoms with E-state index in [-0.39, 0.29) is 30.7 Å². The Labute approximate surface area is 198 Å². The molecule has 0 aliphatic carbocycles. The number of hydrogen-bond acceptors (Lipinski definition) is 6. The van der Waals surface area contributed by atoms with Gasteiger partial charge in [0.15, 0.2) is 17.4 Å². The molecule has 0 saturated carbocycles. The maximum absolute atomic E-state index is 14.9. The molecule has 10 heteroatoms. The number of pyridine rings is 1. The van der Waals surface area contributed by atoms with E-state index in [0.29, 0.717) is 28.7 Å². The van der Waals surface area contributed by atoms with E-state index in [2.05, 4.69) is 20.3 Å². The normalized spacial score (nSPS) is 17.7. The van der Waals surface area contributed by atoms with E-state index in [0.717, 1.165) is 12.1 Å². The first-order valence-electron chi connectivity index (χ1n) is 10.8. The highest BCUT2D eigenvalue weighted by molar-refractivity contribution is 5.98. The number of aliphatic hydroxyl groups excluding tert-OH is 1. The van der Waals surface area contributed by atoms with Crippen molar-refractivity contribution in [3.05, 3.63) is 72.3 Å². The summed E-state index contributed by atoms with van der Waals surface area (Å²) in [5, 5.41) is 12.5.